The Morgan fingerprint density at radius 1 is 1.32 bits per heavy atom. The van der Waals surface area contributed by atoms with Gasteiger partial charge in [0.15, 0.2) is 14.6 Å². The Morgan fingerprint density at radius 3 is 2.62 bits per heavy atom. The highest BCUT2D eigenvalue weighted by Gasteiger charge is 2.58. The van der Waals surface area contributed by atoms with Crippen molar-refractivity contribution in [2.75, 3.05) is 19.5 Å². The van der Waals surface area contributed by atoms with Gasteiger partial charge in [-0.3, -0.25) is 4.18 Å². The summed E-state index contributed by atoms with van der Waals surface area (Å²) in [6, 6.07) is 0. The Hall–Kier alpha value is -0.623. The maximum Gasteiger partial charge on any atom is 0.264 e. The highest BCUT2D eigenvalue weighted by molar-refractivity contribution is 7.86. The third-order valence-corrected chi connectivity index (χ3v) is 14.7. The lowest BCUT2D eigenvalue weighted by Crippen LogP contribution is -2.44. The molecule has 3 unspecified atom stereocenters. The van der Waals surface area contributed by atoms with E-state index in [0.717, 1.165) is 74.2 Å². The van der Waals surface area contributed by atoms with Crippen molar-refractivity contribution in [3.05, 3.63) is 21.7 Å². The van der Waals surface area contributed by atoms with E-state index in [1.807, 2.05) is 6.92 Å². The van der Waals surface area contributed by atoms with Crippen molar-refractivity contribution in [2.45, 2.75) is 129 Å². The average molecular weight is 616 g/mol. The topological polar surface area (TPSA) is 84.0 Å². The molecule has 40 heavy (non-hydrogen) atoms. The largest absolute Gasteiger partial charge is 0.410 e. The lowest BCUT2D eigenvalue weighted by atomic mass is 9.98. The molecule has 3 rings (SSSR count). The predicted octanol–water partition coefficient (Wildman–Crippen LogP) is 7.72. The van der Waals surface area contributed by atoms with Gasteiger partial charge < -0.3 is 13.9 Å². The standard InChI is InChI=1S/C30H53NO6S2Si/c1-22(20-35-28-14-10-11-16-34-28)13-12-15-30(37-39(7,32)33)19-25(30)18-27(36-40(8,9)29(4,5)6)23(2)17-26-21-38-24(3)31-26/h17,21-22,25,27-28H,10-16,18-20H2,1-9H3/b23-17+/t22-,25?,27-,28?,30?/m0/s1. The van der Waals surface area contributed by atoms with E-state index in [9.17, 15) is 8.42 Å². The van der Waals surface area contributed by atoms with E-state index in [-0.39, 0.29) is 23.4 Å². The van der Waals surface area contributed by atoms with Crippen LogP contribution in [0.1, 0.15) is 96.7 Å². The van der Waals surface area contributed by atoms with Gasteiger partial charge in [0.25, 0.3) is 10.1 Å². The van der Waals surface area contributed by atoms with Crippen LogP contribution in [0.3, 0.4) is 0 Å². The number of thiazole rings is 1. The van der Waals surface area contributed by atoms with Gasteiger partial charge in [0.05, 0.1) is 35.3 Å². The second-order valence-electron chi connectivity index (χ2n) is 13.7. The zero-order valence-electron chi connectivity index (χ0n) is 26.2. The molecule has 1 saturated carbocycles. The van der Waals surface area contributed by atoms with E-state index >= 15 is 0 Å². The van der Waals surface area contributed by atoms with Crippen LogP contribution >= 0.6 is 11.3 Å². The zero-order valence-corrected chi connectivity index (χ0v) is 28.9. The summed E-state index contributed by atoms with van der Waals surface area (Å²) >= 11 is 1.64. The second kappa shape index (κ2) is 13.8. The molecule has 0 aromatic carbocycles. The summed E-state index contributed by atoms with van der Waals surface area (Å²) in [5.74, 6) is 0.499. The number of aromatic nitrogens is 1. The molecule has 5 atom stereocenters. The minimum absolute atomic E-state index is 0.0630. The highest BCUT2D eigenvalue weighted by Crippen LogP contribution is 2.55. The molecule has 2 fully saturated rings. The van der Waals surface area contributed by atoms with Crippen LogP contribution in [-0.2, 0) is 28.2 Å². The van der Waals surface area contributed by atoms with Gasteiger partial charge in [-0.25, -0.2) is 4.98 Å². The molecule has 10 heteroatoms. The van der Waals surface area contributed by atoms with E-state index < -0.39 is 24.0 Å². The van der Waals surface area contributed by atoms with E-state index in [1.165, 1.54) is 6.26 Å². The van der Waals surface area contributed by atoms with Crippen LogP contribution in [0.2, 0.25) is 18.1 Å². The van der Waals surface area contributed by atoms with Crippen molar-refractivity contribution < 1.29 is 26.5 Å². The number of hydrogen-bond acceptors (Lipinski definition) is 8. The Morgan fingerprint density at radius 2 is 2.05 bits per heavy atom. The van der Waals surface area contributed by atoms with Gasteiger partial charge in [0, 0.05) is 12.0 Å². The Balaban J connectivity index is 1.67. The van der Waals surface area contributed by atoms with E-state index in [2.05, 4.69) is 64.2 Å². The number of rotatable bonds is 15. The average Bonchev–Trinajstić information content (AvgIpc) is 3.30. The lowest BCUT2D eigenvalue weighted by Gasteiger charge is -2.40. The first-order valence-electron chi connectivity index (χ1n) is 14.9. The molecule has 0 N–H and O–H groups in total. The van der Waals surface area contributed by atoms with Gasteiger partial charge in [-0.1, -0.05) is 34.1 Å². The molecule has 1 saturated heterocycles. The third-order valence-electron chi connectivity index (χ3n) is 8.76. The molecule has 7 nitrogen and oxygen atoms in total. The summed E-state index contributed by atoms with van der Waals surface area (Å²) in [6.07, 6.45) is 10.4. The molecule has 0 bridgehead atoms. The van der Waals surface area contributed by atoms with Crippen molar-refractivity contribution in [3.8, 4) is 0 Å². The van der Waals surface area contributed by atoms with Crippen LogP contribution in [0.15, 0.2) is 11.0 Å². The highest BCUT2D eigenvalue weighted by atomic mass is 32.2. The van der Waals surface area contributed by atoms with Gasteiger partial charge in [-0.05, 0) is 100 Å². The van der Waals surface area contributed by atoms with Gasteiger partial charge in [0.1, 0.15) is 0 Å². The van der Waals surface area contributed by atoms with Crippen LogP contribution in [0.5, 0.6) is 0 Å². The molecule has 230 valence electrons. The van der Waals surface area contributed by atoms with Gasteiger partial charge in [-0.15, -0.1) is 11.3 Å². The first-order valence-corrected chi connectivity index (χ1v) is 20.5. The molecular formula is C30H53NO6S2Si. The lowest BCUT2D eigenvalue weighted by molar-refractivity contribution is -0.168. The first-order chi connectivity index (χ1) is 18.5. The molecule has 1 aromatic rings. The van der Waals surface area contributed by atoms with Crippen molar-refractivity contribution in [1.29, 1.82) is 0 Å². The number of ether oxygens (including phenoxy) is 2. The SMILES string of the molecule is C/C(=C\c1csc(C)n1)[C@H](CC1CC1(CCC[C@H](C)COC1CCCCO1)OS(C)(=O)=O)O[Si](C)(C)C(C)(C)C. The van der Waals surface area contributed by atoms with Gasteiger partial charge in [-0.2, -0.15) is 8.42 Å². The molecule has 1 aliphatic carbocycles. The van der Waals surface area contributed by atoms with Crippen LogP contribution < -0.4 is 0 Å². The van der Waals surface area contributed by atoms with Crippen molar-refractivity contribution in [3.63, 3.8) is 0 Å². The maximum atomic E-state index is 12.3. The molecule has 2 heterocycles. The number of nitrogens with zero attached hydrogens (tertiary/aromatic N) is 1. The summed E-state index contributed by atoms with van der Waals surface area (Å²) in [4.78, 5) is 4.63. The molecule has 0 radical (unpaired) electrons. The van der Waals surface area contributed by atoms with Crippen molar-refractivity contribution in [2.24, 2.45) is 11.8 Å². The smallest absolute Gasteiger partial charge is 0.264 e. The van der Waals surface area contributed by atoms with E-state index in [1.54, 1.807) is 11.3 Å². The quantitative estimate of drug-likeness (QED) is 0.148. The summed E-state index contributed by atoms with van der Waals surface area (Å²) < 4.78 is 49.1. The fraction of sp³-hybridized carbons (Fsp3) is 0.833. The third kappa shape index (κ3) is 10.3. The van der Waals surface area contributed by atoms with Gasteiger partial charge >= 0.3 is 0 Å². The normalized spacial score (nSPS) is 26.1. The van der Waals surface area contributed by atoms with Crippen LogP contribution in [0.4, 0.5) is 0 Å². The van der Waals surface area contributed by atoms with Crippen LogP contribution in [0, 0.1) is 18.8 Å². The molecular weight excluding hydrogens is 563 g/mol. The van der Waals surface area contributed by atoms with Crippen LogP contribution in [-0.4, -0.2) is 59.2 Å². The summed E-state index contributed by atoms with van der Waals surface area (Å²) in [5, 5.41) is 3.17. The minimum Gasteiger partial charge on any atom is -0.410 e. The Bertz CT molecular complexity index is 1090. The summed E-state index contributed by atoms with van der Waals surface area (Å²) in [5.41, 5.74) is 1.44. The monoisotopic (exact) mass is 615 g/mol. The molecule has 2 aliphatic rings. The fourth-order valence-electron chi connectivity index (χ4n) is 5.25. The summed E-state index contributed by atoms with van der Waals surface area (Å²) in [6.45, 7) is 19.1. The molecule has 0 spiro atoms. The number of aryl methyl sites for hydroxylation is 1. The number of hydrogen-bond donors (Lipinski definition) is 0. The van der Waals surface area contributed by atoms with E-state index in [4.69, 9.17) is 18.1 Å². The maximum absolute atomic E-state index is 12.3. The fourth-order valence-corrected chi connectivity index (χ4v) is 8.05. The predicted molar refractivity (Wildman–Crippen MR) is 167 cm³/mol. The Kier molecular flexibility index (Phi) is 11.7. The minimum atomic E-state index is -3.58. The van der Waals surface area contributed by atoms with E-state index in [0.29, 0.717) is 12.5 Å². The molecule has 0 amide bonds. The first kappa shape index (κ1) is 33.9. The second-order valence-corrected chi connectivity index (χ2v) is 21.1. The van der Waals surface area contributed by atoms with Crippen LogP contribution in [0.25, 0.3) is 6.08 Å². The zero-order chi connectivity index (χ0) is 29.8. The van der Waals surface area contributed by atoms with Crippen molar-refractivity contribution in [1.82, 2.24) is 4.98 Å². The van der Waals surface area contributed by atoms with Crippen molar-refractivity contribution >= 4 is 35.8 Å². The summed E-state index contributed by atoms with van der Waals surface area (Å²) in [7, 11) is -5.67. The molecule has 1 aliphatic heterocycles. The Labute approximate surface area is 248 Å². The molecule has 1 aromatic heterocycles. The van der Waals surface area contributed by atoms with Gasteiger partial charge in [0.2, 0.25) is 0 Å².